The van der Waals surface area contributed by atoms with Crippen LogP contribution in [0.25, 0.3) is 0 Å². The first kappa shape index (κ1) is 52.6. The van der Waals surface area contributed by atoms with Crippen LogP contribution in [-0.2, 0) is 4.79 Å². The van der Waals surface area contributed by atoms with Crippen molar-refractivity contribution in [1.29, 1.82) is 0 Å². The summed E-state index contributed by atoms with van der Waals surface area (Å²) in [6.45, 7) is 4.15. The van der Waals surface area contributed by atoms with Gasteiger partial charge in [0.05, 0.1) is 18.8 Å². The highest BCUT2D eigenvalue weighted by Crippen LogP contribution is 2.15. The summed E-state index contributed by atoms with van der Waals surface area (Å²) in [4.78, 5) is 12.3. The monoisotopic (exact) mass is 764 g/mol. The molecule has 0 spiro atoms. The van der Waals surface area contributed by atoms with Crippen LogP contribution in [0.3, 0.4) is 0 Å². The lowest BCUT2D eigenvalue weighted by molar-refractivity contribution is -0.123. The highest BCUT2D eigenvalue weighted by molar-refractivity contribution is 5.76. The quantitative estimate of drug-likeness (QED) is 0.0429. The van der Waals surface area contributed by atoms with Crippen LogP contribution < -0.4 is 5.32 Å². The van der Waals surface area contributed by atoms with Crippen molar-refractivity contribution in [2.75, 3.05) is 6.61 Å². The minimum atomic E-state index is -0.838. The Balaban J connectivity index is 3.48. The molecule has 0 aromatic rings. The highest BCUT2D eigenvalue weighted by atomic mass is 16.3. The van der Waals surface area contributed by atoms with Crippen LogP contribution in [0.4, 0.5) is 0 Å². The number of amides is 1. The summed E-state index contributed by atoms with van der Waals surface area (Å²) in [5, 5.41) is 22.8. The maximum Gasteiger partial charge on any atom is 0.220 e. The summed E-state index contributed by atoms with van der Waals surface area (Å²) in [5.74, 6) is -0.0701. The first-order chi connectivity index (χ1) is 27.2. The second-order valence-corrected chi connectivity index (χ2v) is 15.4. The zero-order valence-corrected chi connectivity index (χ0v) is 36.2. The van der Waals surface area contributed by atoms with Gasteiger partial charge in [0, 0.05) is 6.42 Å². The molecule has 0 aromatic carbocycles. The van der Waals surface area contributed by atoms with E-state index in [9.17, 15) is 15.0 Å². The molecule has 0 saturated carbocycles. The molecule has 1 amide bonds. The summed E-state index contributed by atoms with van der Waals surface area (Å²) < 4.78 is 0. The van der Waals surface area contributed by atoms with E-state index in [0.717, 1.165) is 64.2 Å². The average Bonchev–Trinajstić information content (AvgIpc) is 3.19. The van der Waals surface area contributed by atoms with Crippen LogP contribution in [0.2, 0.25) is 0 Å². The third-order valence-corrected chi connectivity index (χ3v) is 10.1. The second kappa shape index (κ2) is 46.0. The van der Waals surface area contributed by atoms with Gasteiger partial charge in [0.2, 0.25) is 5.91 Å². The molecule has 55 heavy (non-hydrogen) atoms. The molecule has 0 aliphatic rings. The van der Waals surface area contributed by atoms with E-state index in [2.05, 4.69) is 92.1 Å². The zero-order valence-electron chi connectivity index (χ0n) is 36.2. The Morgan fingerprint density at radius 2 is 0.800 bits per heavy atom. The third kappa shape index (κ3) is 42.6. The second-order valence-electron chi connectivity index (χ2n) is 15.4. The predicted molar refractivity (Wildman–Crippen MR) is 243 cm³/mol. The van der Waals surface area contributed by atoms with Gasteiger partial charge in [-0.05, 0) is 70.6 Å². The van der Waals surface area contributed by atoms with Gasteiger partial charge in [0.15, 0.2) is 0 Å². The Labute approximate surface area is 341 Å². The molecule has 0 aliphatic heterocycles. The Bertz CT molecular complexity index is 1000. The SMILES string of the molecule is CC/C=C\C/C=C\C/C=C\C/C=C\C/C=C\C/C=C\CCCCCCCCCCCCCCCCCCC(=O)NC(CO)C(O)/C=C/CCCCCCCC. The molecular formula is C51H89NO3. The van der Waals surface area contributed by atoms with Crippen LogP contribution in [0.15, 0.2) is 85.1 Å². The van der Waals surface area contributed by atoms with E-state index < -0.39 is 12.1 Å². The van der Waals surface area contributed by atoms with Crippen molar-refractivity contribution in [1.82, 2.24) is 5.32 Å². The fourth-order valence-electron chi connectivity index (χ4n) is 6.59. The highest BCUT2D eigenvalue weighted by Gasteiger charge is 2.17. The molecule has 0 radical (unpaired) electrons. The molecule has 0 fully saturated rings. The largest absolute Gasteiger partial charge is 0.394 e. The first-order valence-corrected chi connectivity index (χ1v) is 23.3. The molecule has 0 saturated heterocycles. The molecule has 0 heterocycles. The van der Waals surface area contributed by atoms with Crippen LogP contribution in [0, 0.1) is 0 Å². The number of unbranched alkanes of at least 4 members (excludes halogenated alkanes) is 22. The van der Waals surface area contributed by atoms with Gasteiger partial charge >= 0.3 is 0 Å². The van der Waals surface area contributed by atoms with Crippen molar-refractivity contribution < 1.29 is 15.0 Å². The Morgan fingerprint density at radius 1 is 0.455 bits per heavy atom. The summed E-state index contributed by atoms with van der Waals surface area (Å²) in [5.41, 5.74) is 0. The summed E-state index contributed by atoms with van der Waals surface area (Å²) in [6.07, 6.45) is 67.2. The van der Waals surface area contributed by atoms with Crippen LogP contribution >= 0.6 is 0 Å². The van der Waals surface area contributed by atoms with Crippen LogP contribution in [0.5, 0.6) is 0 Å². The minimum absolute atomic E-state index is 0.0701. The van der Waals surface area contributed by atoms with Crippen LogP contribution in [-0.4, -0.2) is 34.9 Å². The molecule has 0 rings (SSSR count). The standard InChI is InChI=1S/C51H89NO3/c1-3-5-7-9-11-13-14-15-16-17-18-19-20-21-22-23-24-25-26-27-28-29-30-31-32-33-34-35-36-37-38-39-41-43-45-47-51(55)52-49(48-53)50(54)46-44-42-40-12-10-8-6-4-2/h5,7,11,13,15-16,18-19,21-22,24-25,44,46,49-50,53-54H,3-4,6,8-10,12,14,17,20,23,26-43,45,47-48H2,1-2H3,(H,52,55)/b7-5-,13-11-,16-15-,19-18-,22-21-,25-24-,46-44+. The molecule has 4 heteroatoms. The topological polar surface area (TPSA) is 69.6 Å². The normalized spacial score (nSPS) is 13.7. The number of aliphatic hydroxyl groups is 2. The Morgan fingerprint density at radius 3 is 1.20 bits per heavy atom. The number of aliphatic hydroxyl groups excluding tert-OH is 2. The average molecular weight is 764 g/mol. The van der Waals surface area contributed by atoms with Gasteiger partial charge in [0.25, 0.3) is 0 Å². The van der Waals surface area contributed by atoms with Gasteiger partial charge in [-0.15, -0.1) is 0 Å². The molecule has 0 aromatic heterocycles. The molecule has 316 valence electrons. The molecule has 0 bridgehead atoms. The lowest BCUT2D eigenvalue weighted by Gasteiger charge is -2.20. The molecular weight excluding hydrogens is 675 g/mol. The summed E-state index contributed by atoms with van der Waals surface area (Å²) in [6, 6.07) is -0.622. The molecule has 2 atom stereocenters. The predicted octanol–water partition coefficient (Wildman–Crippen LogP) is 14.9. The van der Waals surface area contributed by atoms with Gasteiger partial charge < -0.3 is 15.5 Å². The van der Waals surface area contributed by atoms with Crippen molar-refractivity contribution in [3.63, 3.8) is 0 Å². The number of carbonyl (C=O) groups is 1. The fourth-order valence-corrected chi connectivity index (χ4v) is 6.59. The first-order valence-electron chi connectivity index (χ1n) is 23.3. The van der Waals surface area contributed by atoms with E-state index >= 15 is 0 Å². The maximum absolute atomic E-state index is 12.3. The van der Waals surface area contributed by atoms with E-state index in [-0.39, 0.29) is 12.5 Å². The van der Waals surface area contributed by atoms with Gasteiger partial charge in [-0.25, -0.2) is 0 Å². The van der Waals surface area contributed by atoms with E-state index in [0.29, 0.717) is 6.42 Å². The van der Waals surface area contributed by atoms with Crippen molar-refractivity contribution in [2.24, 2.45) is 0 Å². The summed E-state index contributed by atoms with van der Waals surface area (Å²) >= 11 is 0. The molecule has 3 N–H and O–H groups in total. The van der Waals surface area contributed by atoms with E-state index in [1.807, 2.05) is 6.08 Å². The lowest BCUT2D eigenvalue weighted by atomic mass is 10.0. The molecule has 0 aliphatic carbocycles. The van der Waals surface area contributed by atoms with Crippen molar-refractivity contribution in [2.45, 2.75) is 225 Å². The number of hydrogen-bond donors (Lipinski definition) is 3. The third-order valence-electron chi connectivity index (χ3n) is 10.1. The number of hydrogen-bond acceptors (Lipinski definition) is 3. The van der Waals surface area contributed by atoms with Crippen LogP contribution in [0.1, 0.15) is 213 Å². The van der Waals surface area contributed by atoms with Crippen molar-refractivity contribution >= 4 is 5.91 Å². The maximum atomic E-state index is 12.3. The van der Waals surface area contributed by atoms with E-state index in [4.69, 9.17) is 0 Å². The number of nitrogens with one attached hydrogen (secondary N) is 1. The summed E-state index contributed by atoms with van der Waals surface area (Å²) in [7, 11) is 0. The smallest absolute Gasteiger partial charge is 0.220 e. The van der Waals surface area contributed by atoms with Gasteiger partial charge in [0.1, 0.15) is 0 Å². The van der Waals surface area contributed by atoms with Gasteiger partial charge in [-0.1, -0.05) is 221 Å². The van der Waals surface area contributed by atoms with Crippen molar-refractivity contribution in [3.05, 3.63) is 85.1 Å². The number of rotatable bonds is 41. The van der Waals surface area contributed by atoms with Crippen molar-refractivity contribution in [3.8, 4) is 0 Å². The number of allylic oxidation sites excluding steroid dienone is 13. The van der Waals surface area contributed by atoms with Gasteiger partial charge in [-0.3, -0.25) is 4.79 Å². The Kier molecular flexibility index (Phi) is 43.9. The van der Waals surface area contributed by atoms with E-state index in [1.54, 1.807) is 6.08 Å². The molecule has 4 nitrogen and oxygen atoms in total. The molecule has 2 unspecified atom stereocenters. The Hall–Kier alpha value is -2.43. The zero-order chi connectivity index (χ0) is 40.0. The fraction of sp³-hybridized carbons (Fsp3) is 0.706. The number of carbonyl (C=O) groups excluding carboxylic acids is 1. The van der Waals surface area contributed by atoms with Gasteiger partial charge in [-0.2, -0.15) is 0 Å². The van der Waals surface area contributed by atoms with E-state index in [1.165, 1.54) is 128 Å². The minimum Gasteiger partial charge on any atom is -0.394 e. The lowest BCUT2D eigenvalue weighted by Crippen LogP contribution is -2.45.